The Bertz CT molecular complexity index is 776. The quantitative estimate of drug-likeness (QED) is 0.117. The Morgan fingerprint density at radius 2 is 0.810 bits per heavy atom. The molecule has 0 saturated carbocycles. The smallest absolute Gasteiger partial charge is 0.0585 e. The van der Waals surface area contributed by atoms with E-state index < -0.39 is 0 Å². The summed E-state index contributed by atoms with van der Waals surface area (Å²) in [5, 5.41) is 20.3. The van der Waals surface area contributed by atoms with Crippen LogP contribution in [0.4, 0.5) is 0 Å². The third kappa shape index (κ3) is 13.2. The van der Waals surface area contributed by atoms with Gasteiger partial charge in [-0.05, 0) is 99.7 Å². The summed E-state index contributed by atoms with van der Waals surface area (Å²) in [5.41, 5.74) is 6.50. The predicted octanol–water partition coefficient (Wildman–Crippen LogP) is 12.0. The molecule has 0 aromatic carbocycles. The minimum absolute atomic E-state index is 0.144. The average molecular weight is 587 g/mol. The number of hydrogen-bond acceptors (Lipinski definition) is 2. The molecule has 2 rings (SSSR count). The Hall–Kier alpha value is -0.600. The third-order valence-corrected chi connectivity index (χ3v) is 11.4. The van der Waals surface area contributed by atoms with Gasteiger partial charge >= 0.3 is 0 Å². The molecule has 42 heavy (non-hydrogen) atoms. The van der Waals surface area contributed by atoms with Crippen molar-refractivity contribution in [1.29, 1.82) is 0 Å². The maximum Gasteiger partial charge on any atom is 0.0585 e. The van der Waals surface area contributed by atoms with Crippen LogP contribution in [0.3, 0.4) is 0 Å². The summed E-state index contributed by atoms with van der Waals surface area (Å²) in [6.07, 6.45) is 22.3. The number of rotatable bonds is 19. The highest BCUT2D eigenvalue weighted by Crippen LogP contribution is 2.44. The number of allylic oxidation sites excluding steroid dienone is 2. The molecule has 0 saturated heterocycles. The van der Waals surface area contributed by atoms with Crippen molar-refractivity contribution in [3.63, 3.8) is 0 Å². The van der Waals surface area contributed by atoms with Crippen LogP contribution < -0.4 is 0 Å². The Kier molecular flexibility index (Phi) is 15.9. The Morgan fingerprint density at radius 3 is 1.12 bits per heavy atom. The molecule has 2 aliphatic carbocycles. The second kappa shape index (κ2) is 17.8. The zero-order valence-corrected chi connectivity index (χ0v) is 30.1. The Balaban J connectivity index is 1.51. The zero-order valence-electron chi connectivity index (χ0n) is 30.1. The molecule has 2 heteroatoms. The lowest BCUT2D eigenvalue weighted by Crippen LogP contribution is -2.29. The molecule has 0 spiro atoms. The van der Waals surface area contributed by atoms with Gasteiger partial charge in [0.05, 0.1) is 12.2 Å². The molecular weight excluding hydrogens is 512 g/mol. The van der Waals surface area contributed by atoms with E-state index in [2.05, 4.69) is 69.2 Å². The van der Waals surface area contributed by atoms with Gasteiger partial charge in [0.15, 0.2) is 0 Å². The van der Waals surface area contributed by atoms with Gasteiger partial charge in [-0.3, -0.25) is 0 Å². The van der Waals surface area contributed by atoms with E-state index in [1.54, 1.807) is 11.1 Å². The van der Waals surface area contributed by atoms with Crippen LogP contribution in [0.25, 0.3) is 0 Å². The van der Waals surface area contributed by atoms with Gasteiger partial charge in [-0.1, -0.05) is 142 Å². The fourth-order valence-corrected chi connectivity index (χ4v) is 8.75. The van der Waals surface area contributed by atoms with Gasteiger partial charge in [0.1, 0.15) is 0 Å². The maximum atomic E-state index is 10.2. The van der Waals surface area contributed by atoms with Crippen LogP contribution in [0.2, 0.25) is 0 Å². The summed E-state index contributed by atoms with van der Waals surface area (Å²) < 4.78 is 0. The molecular formula is C40H74O2. The van der Waals surface area contributed by atoms with E-state index in [9.17, 15) is 10.2 Å². The van der Waals surface area contributed by atoms with Gasteiger partial charge in [-0.2, -0.15) is 0 Å². The lowest BCUT2D eigenvalue weighted by atomic mass is 9.69. The van der Waals surface area contributed by atoms with E-state index >= 15 is 0 Å². The van der Waals surface area contributed by atoms with Gasteiger partial charge in [0.2, 0.25) is 0 Å². The zero-order chi connectivity index (χ0) is 31.5. The lowest BCUT2D eigenvalue weighted by molar-refractivity contribution is 0.112. The van der Waals surface area contributed by atoms with Crippen molar-refractivity contribution in [2.24, 2.45) is 34.5 Å². The van der Waals surface area contributed by atoms with Crippen molar-refractivity contribution < 1.29 is 10.2 Å². The largest absolute Gasteiger partial charge is 0.393 e. The highest BCUT2D eigenvalue weighted by molar-refractivity contribution is 5.24. The van der Waals surface area contributed by atoms with E-state index in [4.69, 9.17) is 0 Å². The average Bonchev–Trinajstić information content (AvgIpc) is 2.84. The fraction of sp³-hybridized carbons (Fsp3) is 0.900. The van der Waals surface area contributed by atoms with E-state index in [0.717, 1.165) is 49.4 Å². The normalized spacial score (nSPS) is 25.4. The second-order valence-corrected chi connectivity index (χ2v) is 17.1. The fourth-order valence-electron chi connectivity index (χ4n) is 8.75. The minimum Gasteiger partial charge on any atom is -0.393 e. The van der Waals surface area contributed by atoms with Crippen LogP contribution in [0.15, 0.2) is 22.3 Å². The topological polar surface area (TPSA) is 40.5 Å². The Labute approximate surface area is 263 Å². The van der Waals surface area contributed by atoms with Crippen LogP contribution >= 0.6 is 0 Å². The molecule has 0 unspecified atom stereocenters. The van der Waals surface area contributed by atoms with Crippen LogP contribution in [0, 0.1) is 34.5 Å². The van der Waals surface area contributed by atoms with Gasteiger partial charge in [0.25, 0.3) is 0 Å². The molecule has 0 bridgehead atoms. The third-order valence-electron chi connectivity index (χ3n) is 11.4. The molecule has 0 amide bonds. The molecule has 0 fully saturated rings. The van der Waals surface area contributed by atoms with Crippen LogP contribution in [0.5, 0.6) is 0 Å². The summed E-state index contributed by atoms with van der Waals surface area (Å²) in [4.78, 5) is 0. The summed E-state index contributed by atoms with van der Waals surface area (Å²) in [7, 11) is 0. The molecule has 0 aromatic rings. The van der Waals surface area contributed by atoms with E-state index in [0.29, 0.717) is 0 Å². The molecule has 0 radical (unpaired) electrons. The van der Waals surface area contributed by atoms with Crippen molar-refractivity contribution in [3.05, 3.63) is 22.3 Å². The van der Waals surface area contributed by atoms with Crippen molar-refractivity contribution in [2.75, 3.05) is 0 Å². The Morgan fingerprint density at radius 1 is 0.524 bits per heavy atom. The van der Waals surface area contributed by atoms with E-state index in [1.807, 2.05) is 0 Å². The highest BCUT2D eigenvalue weighted by Gasteiger charge is 2.33. The number of aliphatic hydroxyl groups is 2. The van der Waals surface area contributed by atoms with Crippen LogP contribution in [-0.2, 0) is 0 Å². The SMILES string of the molecule is CC1=C(CC[C@@H](C)CCC[C@H](C)CCCC[C@H](C)CCC[C@H](C)CCC2=C(C)C[C@@H](O)CC2(C)C)C(C)(C)C[C@H](O)C1. The standard InChI is InChI=1S/C40H74O2/c1-29(17-13-19-31(3)21-23-37-33(5)25-35(41)27-39(37,7)8)15-11-12-16-30(2)18-14-20-32(4)22-24-38-34(6)26-36(42)28-40(38,9)10/h29-32,35-36,41-42H,11-28H2,1-10H3/t29-,30+,31-,32-,35+,36+/m0/s1. The van der Waals surface area contributed by atoms with Gasteiger partial charge in [-0.25, -0.2) is 0 Å². The predicted molar refractivity (Wildman–Crippen MR) is 185 cm³/mol. The molecule has 2 N–H and O–H groups in total. The molecule has 246 valence electrons. The van der Waals surface area contributed by atoms with E-state index in [-0.39, 0.29) is 23.0 Å². The van der Waals surface area contributed by atoms with E-state index in [1.165, 1.54) is 101 Å². The van der Waals surface area contributed by atoms with Crippen molar-refractivity contribution in [3.8, 4) is 0 Å². The molecule has 6 atom stereocenters. The first-order valence-corrected chi connectivity index (χ1v) is 18.3. The first-order chi connectivity index (χ1) is 19.6. The van der Waals surface area contributed by atoms with Crippen molar-refractivity contribution >= 4 is 0 Å². The summed E-state index contributed by atoms with van der Waals surface area (Å²) >= 11 is 0. The summed E-state index contributed by atoms with van der Waals surface area (Å²) in [6.45, 7) is 23.7. The highest BCUT2D eigenvalue weighted by atomic mass is 16.3. The first kappa shape index (κ1) is 37.6. The second-order valence-electron chi connectivity index (χ2n) is 17.1. The van der Waals surface area contributed by atoms with Crippen molar-refractivity contribution in [2.45, 2.75) is 197 Å². The van der Waals surface area contributed by atoms with Crippen LogP contribution in [-0.4, -0.2) is 22.4 Å². The minimum atomic E-state index is -0.144. The van der Waals surface area contributed by atoms with Gasteiger partial charge in [0, 0.05) is 0 Å². The van der Waals surface area contributed by atoms with Crippen LogP contribution in [0.1, 0.15) is 185 Å². The number of hydrogen-bond donors (Lipinski definition) is 2. The summed E-state index contributed by atoms with van der Waals surface area (Å²) in [5.74, 6) is 3.34. The molecule has 0 aromatic heterocycles. The summed E-state index contributed by atoms with van der Waals surface area (Å²) in [6, 6.07) is 0. The molecule has 2 aliphatic rings. The number of aliphatic hydroxyl groups excluding tert-OH is 2. The van der Waals surface area contributed by atoms with Gasteiger partial charge in [-0.15, -0.1) is 0 Å². The maximum absolute atomic E-state index is 10.2. The number of unbranched alkanes of at least 4 members (excludes halogenated alkanes) is 1. The molecule has 0 heterocycles. The van der Waals surface area contributed by atoms with Crippen molar-refractivity contribution in [1.82, 2.24) is 0 Å². The molecule has 0 aliphatic heterocycles. The first-order valence-electron chi connectivity index (χ1n) is 18.3. The monoisotopic (exact) mass is 587 g/mol. The molecule has 2 nitrogen and oxygen atoms in total. The van der Waals surface area contributed by atoms with Gasteiger partial charge < -0.3 is 10.2 Å². The lowest BCUT2D eigenvalue weighted by Gasteiger charge is -2.37.